The number of ether oxygens (including phenoxy) is 1. The van der Waals surface area contributed by atoms with Gasteiger partial charge in [0, 0.05) is 26.1 Å². The van der Waals surface area contributed by atoms with Crippen LogP contribution in [0.15, 0.2) is 24.3 Å². The molecule has 3 aliphatic rings. The highest BCUT2D eigenvalue weighted by Gasteiger charge is 2.36. The third-order valence-corrected chi connectivity index (χ3v) is 7.72. The summed E-state index contributed by atoms with van der Waals surface area (Å²) in [6, 6.07) is 7.80. The fourth-order valence-electron chi connectivity index (χ4n) is 5.87. The maximum Gasteiger partial charge on any atom is 0.257 e. The van der Waals surface area contributed by atoms with Crippen LogP contribution in [0.1, 0.15) is 94.3 Å². The van der Waals surface area contributed by atoms with E-state index in [1.165, 1.54) is 25.7 Å². The van der Waals surface area contributed by atoms with Gasteiger partial charge in [-0.3, -0.25) is 9.59 Å². The fraction of sp³-hybridized carbons (Fsp3) is 0.704. The van der Waals surface area contributed by atoms with Crippen LogP contribution in [0.5, 0.6) is 5.75 Å². The van der Waals surface area contributed by atoms with Gasteiger partial charge < -0.3 is 14.5 Å². The van der Waals surface area contributed by atoms with Crippen molar-refractivity contribution >= 4 is 11.8 Å². The Morgan fingerprint density at radius 2 is 1.66 bits per heavy atom. The lowest BCUT2D eigenvalue weighted by Crippen LogP contribution is -2.51. The molecule has 0 spiro atoms. The molecule has 5 heteroatoms. The number of carbonyl (C=O) groups excluding carboxylic acids is 2. The third kappa shape index (κ3) is 5.47. The molecule has 0 N–H and O–H groups in total. The second-order valence-corrected chi connectivity index (χ2v) is 9.89. The number of hydrogen-bond acceptors (Lipinski definition) is 3. The number of carbonyl (C=O) groups is 2. The Balaban J connectivity index is 1.60. The molecule has 5 nitrogen and oxygen atoms in total. The van der Waals surface area contributed by atoms with Crippen LogP contribution in [0, 0.1) is 5.92 Å². The molecule has 0 radical (unpaired) electrons. The second-order valence-electron chi connectivity index (χ2n) is 9.89. The first kappa shape index (κ1) is 23.1. The number of amides is 2. The molecule has 1 aromatic carbocycles. The first-order valence-electron chi connectivity index (χ1n) is 13.0. The lowest BCUT2D eigenvalue weighted by atomic mass is 9.90. The summed E-state index contributed by atoms with van der Waals surface area (Å²) in [6.07, 6.45) is 12.8. The lowest BCUT2D eigenvalue weighted by Gasteiger charge is -2.40. The maximum absolute atomic E-state index is 13.5. The topological polar surface area (TPSA) is 49.9 Å². The standard InChI is InChI=1S/C27H40N2O3/c1-2-28-18-10-3-11-19-29(26(30)20-21-12-4-5-13-21)23-15-7-9-17-25(23)32-24-16-8-6-14-22(24)27(28)31/h6,8,14,16,21,23,25H,2-5,7,9-13,15,17-20H2,1H3/t23-,25+/m1/s1. The largest absolute Gasteiger partial charge is 0.487 e. The summed E-state index contributed by atoms with van der Waals surface area (Å²) < 4.78 is 6.59. The molecule has 2 saturated carbocycles. The normalized spacial score (nSPS) is 25.7. The van der Waals surface area contributed by atoms with Crippen molar-refractivity contribution in [2.75, 3.05) is 19.6 Å². The Hall–Kier alpha value is -2.04. The van der Waals surface area contributed by atoms with E-state index in [9.17, 15) is 9.59 Å². The first-order chi connectivity index (χ1) is 15.7. The van der Waals surface area contributed by atoms with Crippen molar-refractivity contribution < 1.29 is 14.3 Å². The SMILES string of the molecule is CCN1CCCCCN(C(=O)CC2CCCC2)[C@@H]2CCCC[C@@H]2Oc2ccccc2C1=O. The minimum absolute atomic E-state index is 0.0407. The van der Waals surface area contributed by atoms with E-state index in [-0.39, 0.29) is 18.1 Å². The summed E-state index contributed by atoms with van der Waals surface area (Å²) >= 11 is 0. The Kier molecular flexibility index (Phi) is 8.10. The number of hydrogen-bond donors (Lipinski definition) is 0. The molecule has 2 fully saturated rings. The van der Waals surface area contributed by atoms with Crippen molar-refractivity contribution in [3.8, 4) is 5.75 Å². The predicted molar refractivity (Wildman–Crippen MR) is 127 cm³/mol. The first-order valence-corrected chi connectivity index (χ1v) is 13.0. The number of rotatable bonds is 3. The summed E-state index contributed by atoms with van der Waals surface area (Å²) in [5.41, 5.74) is 0.654. The molecule has 2 atom stereocenters. The summed E-state index contributed by atoms with van der Waals surface area (Å²) in [7, 11) is 0. The van der Waals surface area contributed by atoms with Crippen LogP contribution >= 0.6 is 0 Å². The van der Waals surface area contributed by atoms with Crippen molar-refractivity contribution in [2.24, 2.45) is 5.92 Å². The van der Waals surface area contributed by atoms with Gasteiger partial charge >= 0.3 is 0 Å². The molecule has 1 heterocycles. The summed E-state index contributed by atoms with van der Waals surface area (Å²) in [5.74, 6) is 1.62. The van der Waals surface area contributed by atoms with Gasteiger partial charge in [0.2, 0.25) is 5.91 Å². The van der Waals surface area contributed by atoms with E-state index in [1.807, 2.05) is 36.1 Å². The second kappa shape index (κ2) is 11.2. The minimum Gasteiger partial charge on any atom is -0.487 e. The lowest BCUT2D eigenvalue weighted by molar-refractivity contribution is -0.138. The van der Waals surface area contributed by atoms with Crippen molar-refractivity contribution in [1.29, 1.82) is 0 Å². The van der Waals surface area contributed by atoms with E-state index < -0.39 is 0 Å². The van der Waals surface area contributed by atoms with Crippen molar-refractivity contribution in [3.05, 3.63) is 29.8 Å². The monoisotopic (exact) mass is 440 g/mol. The van der Waals surface area contributed by atoms with Gasteiger partial charge in [-0.2, -0.15) is 0 Å². The van der Waals surface area contributed by atoms with E-state index in [0.717, 1.165) is 58.0 Å². The third-order valence-electron chi connectivity index (χ3n) is 7.72. The molecular weight excluding hydrogens is 400 g/mol. The van der Waals surface area contributed by atoms with Gasteiger partial charge in [-0.1, -0.05) is 31.4 Å². The fourth-order valence-corrected chi connectivity index (χ4v) is 5.87. The van der Waals surface area contributed by atoms with Crippen LogP contribution in [0.2, 0.25) is 0 Å². The molecular formula is C27H40N2O3. The number of nitrogens with zero attached hydrogens (tertiary/aromatic N) is 2. The zero-order valence-electron chi connectivity index (χ0n) is 19.8. The number of benzene rings is 1. The highest BCUT2D eigenvalue weighted by atomic mass is 16.5. The van der Waals surface area contributed by atoms with Gasteiger partial charge in [0.1, 0.15) is 11.9 Å². The summed E-state index contributed by atoms with van der Waals surface area (Å²) in [6.45, 7) is 4.32. The summed E-state index contributed by atoms with van der Waals surface area (Å²) in [4.78, 5) is 30.9. The smallest absolute Gasteiger partial charge is 0.257 e. The molecule has 176 valence electrons. The van der Waals surface area contributed by atoms with E-state index in [4.69, 9.17) is 4.74 Å². The minimum atomic E-state index is -0.0407. The molecule has 0 unspecified atom stereocenters. The number of fused-ring (bicyclic) bond motifs is 2. The van der Waals surface area contributed by atoms with Crippen LogP contribution in [-0.2, 0) is 4.79 Å². The zero-order chi connectivity index (χ0) is 22.3. The molecule has 0 saturated heterocycles. The highest BCUT2D eigenvalue weighted by Crippen LogP contribution is 2.33. The van der Waals surface area contributed by atoms with Crippen molar-refractivity contribution in [3.63, 3.8) is 0 Å². The zero-order valence-corrected chi connectivity index (χ0v) is 19.8. The quantitative estimate of drug-likeness (QED) is 0.630. The molecule has 2 aliphatic carbocycles. The van der Waals surface area contributed by atoms with Crippen LogP contribution in [0.3, 0.4) is 0 Å². The van der Waals surface area contributed by atoms with E-state index in [2.05, 4.69) is 4.90 Å². The van der Waals surface area contributed by atoms with Gasteiger partial charge in [0.05, 0.1) is 11.6 Å². The average molecular weight is 441 g/mol. The van der Waals surface area contributed by atoms with Crippen molar-refractivity contribution in [2.45, 2.75) is 96.1 Å². The molecule has 4 rings (SSSR count). The number of para-hydroxylation sites is 1. The average Bonchev–Trinajstić information content (AvgIpc) is 3.32. The molecule has 1 aromatic rings. The van der Waals surface area contributed by atoms with Crippen LogP contribution in [0.4, 0.5) is 0 Å². The van der Waals surface area contributed by atoms with Gasteiger partial charge in [0.15, 0.2) is 0 Å². The molecule has 0 bridgehead atoms. The van der Waals surface area contributed by atoms with Crippen LogP contribution in [-0.4, -0.2) is 53.4 Å². The van der Waals surface area contributed by atoms with Crippen molar-refractivity contribution in [1.82, 2.24) is 9.80 Å². The predicted octanol–water partition coefficient (Wildman–Crippen LogP) is 5.43. The molecule has 1 aliphatic heterocycles. The maximum atomic E-state index is 13.5. The summed E-state index contributed by atoms with van der Waals surface area (Å²) in [5, 5.41) is 0. The van der Waals surface area contributed by atoms with E-state index in [0.29, 0.717) is 36.1 Å². The Labute approximate surface area is 193 Å². The Morgan fingerprint density at radius 3 is 2.47 bits per heavy atom. The molecule has 2 amide bonds. The molecule has 0 aromatic heterocycles. The molecule has 32 heavy (non-hydrogen) atoms. The van der Waals surface area contributed by atoms with E-state index >= 15 is 0 Å². The van der Waals surface area contributed by atoms with E-state index in [1.54, 1.807) is 0 Å². The van der Waals surface area contributed by atoms with Gasteiger partial charge in [-0.25, -0.2) is 0 Å². The van der Waals surface area contributed by atoms with Gasteiger partial charge in [0.25, 0.3) is 5.91 Å². The Morgan fingerprint density at radius 1 is 0.938 bits per heavy atom. The van der Waals surface area contributed by atoms with Gasteiger partial charge in [-0.15, -0.1) is 0 Å². The Bertz CT molecular complexity index is 774. The van der Waals surface area contributed by atoms with Gasteiger partial charge in [-0.05, 0) is 76.3 Å². The highest BCUT2D eigenvalue weighted by molar-refractivity contribution is 5.97. The van der Waals surface area contributed by atoms with Crippen LogP contribution < -0.4 is 4.74 Å². The van der Waals surface area contributed by atoms with Crippen LogP contribution in [0.25, 0.3) is 0 Å².